The Morgan fingerprint density at radius 3 is 2.02 bits per heavy atom. The topological polar surface area (TPSA) is 105 Å². The Bertz CT molecular complexity index is 1700. The molecular weight excluding hydrogens is 626 g/mol. The average molecular weight is 664 g/mol. The van der Waals surface area contributed by atoms with E-state index in [1.54, 1.807) is 12.1 Å². The zero-order valence-electron chi connectivity index (χ0n) is 26.1. The van der Waals surface area contributed by atoms with E-state index in [9.17, 15) is 18.0 Å². The Balaban J connectivity index is 1.80. The van der Waals surface area contributed by atoms with E-state index in [0.29, 0.717) is 23.7 Å². The number of carbonyl (C=O) groups excluding carboxylic acids is 2. The molecule has 0 radical (unpaired) electrons. The van der Waals surface area contributed by atoms with Crippen LogP contribution < -0.4 is 19.1 Å². The number of hydrogen-bond acceptors (Lipinski definition) is 6. The second-order valence-corrected chi connectivity index (χ2v) is 12.8. The lowest BCUT2D eigenvalue weighted by molar-refractivity contribution is -0.140. The molecule has 0 aliphatic rings. The van der Waals surface area contributed by atoms with E-state index in [-0.39, 0.29) is 35.2 Å². The summed E-state index contributed by atoms with van der Waals surface area (Å²) in [6.45, 7) is 1.88. The maximum atomic E-state index is 14.5. The average Bonchev–Trinajstić information content (AvgIpc) is 3.08. The van der Waals surface area contributed by atoms with Crippen LogP contribution in [0.4, 0.5) is 5.69 Å². The molecule has 0 spiro atoms. The van der Waals surface area contributed by atoms with E-state index in [2.05, 4.69) is 5.32 Å². The lowest BCUT2D eigenvalue weighted by Crippen LogP contribution is -2.53. The normalized spacial score (nSPS) is 11.7. The first-order valence-corrected chi connectivity index (χ1v) is 16.6. The minimum atomic E-state index is -4.34. The highest BCUT2D eigenvalue weighted by Crippen LogP contribution is 2.33. The van der Waals surface area contributed by atoms with Crippen LogP contribution >= 0.6 is 11.6 Å². The third kappa shape index (κ3) is 8.58. The van der Waals surface area contributed by atoms with Gasteiger partial charge in [0.1, 0.15) is 12.6 Å². The minimum absolute atomic E-state index is 0.0849. The first kappa shape index (κ1) is 34.3. The molecule has 0 saturated heterocycles. The van der Waals surface area contributed by atoms with Crippen molar-refractivity contribution in [2.75, 3.05) is 31.6 Å². The summed E-state index contributed by atoms with van der Waals surface area (Å²) in [5.74, 6) is -0.315. The highest BCUT2D eigenvalue weighted by atomic mass is 35.5. The molecule has 1 atom stereocenters. The number of methoxy groups -OCH3 is 2. The lowest BCUT2D eigenvalue weighted by atomic mass is 10.0. The van der Waals surface area contributed by atoms with E-state index in [4.69, 9.17) is 21.1 Å². The molecule has 4 rings (SSSR count). The van der Waals surface area contributed by atoms with Gasteiger partial charge in [-0.2, -0.15) is 0 Å². The van der Waals surface area contributed by atoms with E-state index < -0.39 is 28.5 Å². The number of benzene rings is 4. The second-order valence-electron chi connectivity index (χ2n) is 10.5. The number of ether oxygens (including phenoxy) is 2. The zero-order chi connectivity index (χ0) is 33.1. The molecule has 242 valence electrons. The fourth-order valence-electron chi connectivity index (χ4n) is 4.94. The quantitative estimate of drug-likeness (QED) is 0.175. The molecule has 46 heavy (non-hydrogen) atoms. The van der Waals surface area contributed by atoms with E-state index in [1.165, 1.54) is 49.5 Å². The maximum absolute atomic E-state index is 14.5. The number of rotatable bonds is 15. The Labute approximate surface area is 275 Å². The highest BCUT2D eigenvalue weighted by molar-refractivity contribution is 7.92. The Morgan fingerprint density at radius 1 is 0.826 bits per heavy atom. The smallest absolute Gasteiger partial charge is 0.264 e. The number of anilines is 1. The summed E-state index contributed by atoms with van der Waals surface area (Å²) in [6.07, 6.45) is 0.947. The summed E-state index contributed by atoms with van der Waals surface area (Å²) in [5, 5.41) is 3.34. The number of nitrogens with one attached hydrogen (secondary N) is 1. The number of halogens is 1. The summed E-state index contributed by atoms with van der Waals surface area (Å²) in [7, 11) is -1.48. The molecule has 0 aromatic heterocycles. The predicted octanol–water partition coefficient (Wildman–Crippen LogP) is 5.72. The van der Waals surface area contributed by atoms with Crippen molar-refractivity contribution in [3.05, 3.63) is 119 Å². The second kappa shape index (κ2) is 16.1. The van der Waals surface area contributed by atoms with Gasteiger partial charge >= 0.3 is 0 Å². The molecule has 0 fully saturated rings. The van der Waals surface area contributed by atoms with Crippen LogP contribution in [0.25, 0.3) is 0 Å². The first-order valence-electron chi connectivity index (χ1n) is 14.8. The Morgan fingerprint density at radius 2 is 1.43 bits per heavy atom. The molecular formula is C35H38ClN3O6S. The monoisotopic (exact) mass is 663 g/mol. The third-order valence-corrected chi connectivity index (χ3v) is 9.37. The number of nitrogens with zero attached hydrogens (tertiary/aromatic N) is 2. The Kier molecular flexibility index (Phi) is 12.1. The third-order valence-electron chi connectivity index (χ3n) is 7.35. The van der Waals surface area contributed by atoms with Gasteiger partial charge < -0.3 is 19.7 Å². The van der Waals surface area contributed by atoms with Gasteiger partial charge in [0, 0.05) is 30.6 Å². The molecule has 11 heteroatoms. The van der Waals surface area contributed by atoms with E-state index >= 15 is 0 Å². The summed E-state index contributed by atoms with van der Waals surface area (Å²) in [6, 6.07) is 28.2. The molecule has 9 nitrogen and oxygen atoms in total. The molecule has 0 heterocycles. The zero-order valence-corrected chi connectivity index (χ0v) is 27.6. The van der Waals surface area contributed by atoms with Crippen molar-refractivity contribution in [1.82, 2.24) is 10.2 Å². The van der Waals surface area contributed by atoms with Crippen molar-refractivity contribution in [3.8, 4) is 11.5 Å². The van der Waals surface area contributed by atoms with Gasteiger partial charge in [-0.25, -0.2) is 8.42 Å². The van der Waals surface area contributed by atoms with Crippen LogP contribution in [0.15, 0.2) is 108 Å². The van der Waals surface area contributed by atoms with Crippen molar-refractivity contribution in [3.63, 3.8) is 0 Å². The van der Waals surface area contributed by atoms with Crippen LogP contribution in [-0.4, -0.2) is 58.5 Å². The van der Waals surface area contributed by atoms with Crippen LogP contribution in [0, 0.1) is 0 Å². The largest absolute Gasteiger partial charge is 0.493 e. The van der Waals surface area contributed by atoms with Gasteiger partial charge in [-0.15, -0.1) is 0 Å². The maximum Gasteiger partial charge on any atom is 0.264 e. The van der Waals surface area contributed by atoms with Gasteiger partial charge in [0.2, 0.25) is 11.8 Å². The van der Waals surface area contributed by atoms with Gasteiger partial charge in [0.05, 0.1) is 24.8 Å². The van der Waals surface area contributed by atoms with Gasteiger partial charge in [-0.3, -0.25) is 13.9 Å². The lowest BCUT2D eigenvalue weighted by Gasteiger charge is -2.34. The van der Waals surface area contributed by atoms with Crippen LogP contribution in [0.1, 0.15) is 24.5 Å². The van der Waals surface area contributed by atoms with Crippen LogP contribution in [0.2, 0.25) is 5.02 Å². The fraction of sp³-hybridized carbons (Fsp3) is 0.257. The summed E-state index contributed by atoms with van der Waals surface area (Å²) in [5.41, 5.74) is 1.87. The van der Waals surface area contributed by atoms with E-state index in [0.717, 1.165) is 15.4 Å². The molecule has 1 N–H and O–H groups in total. The molecule has 0 aliphatic heterocycles. The van der Waals surface area contributed by atoms with Crippen molar-refractivity contribution in [2.45, 2.75) is 37.2 Å². The number of amides is 2. The molecule has 0 aliphatic carbocycles. The van der Waals surface area contributed by atoms with E-state index in [1.807, 2.05) is 67.6 Å². The number of carbonyl (C=O) groups is 2. The molecule has 1 unspecified atom stereocenters. The van der Waals surface area contributed by atoms with Crippen molar-refractivity contribution in [2.24, 2.45) is 0 Å². The summed E-state index contributed by atoms with van der Waals surface area (Å²) < 4.78 is 40.2. The predicted molar refractivity (Wildman–Crippen MR) is 180 cm³/mol. The van der Waals surface area contributed by atoms with Crippen molar-refractivity contribution in [1.29, 1.82) is 0 Å². The number of hydrogen-bond donors (Lipinski definition) is 1. The van der Waals surface area contributed by atoms with Gasteiger partial charge in [-0.05, 0) is 53.9 Å². The highest BCUT2D eigenvalue weighted by Gasteiger charge is 2.35. The van der Waals surface area contributed by atoms with Crippen LogP contribution in [-0.2, 0) is 32.6 Å². The molecule has 4 aromatic carbocycles. The molecule has 0 saturated carbocycles. The van der Waals surface area contributed by atoms with Gasteiger partial charge in [-0.1, -0.05) is 79.2 Å². The van der Waals surface area contributed by atoms with Crippen molar-refractivity contribution < 1.29 is 27.5 Å². The van der Waals surface area contributed by atoms with Crippen molar-refractivity contribution >= 4 is 39.1 Å². The molecule has 2 amide bonds. The van der Waals surface area contributed by atoms with Crippen LogP contribution in [0.5, 0.6) is 11.5 Å². The SMILES string of the molecule is CCCNC(=O)C(Cc1ccccc1)N(Cc1ccccc1)C(=O)CN(c1ccc(Cl)cc1)S(=O)(=O)c1ccc(OC)c(OC)c1. The van der Waals surface area contributed by atoms with Gasteiger partial charge in [0.25, 0.3) is 10.0 Å². The summed E-state index contributed by atoms with van der Waals surface area (Å²) in [4.78, 5) is 29.5. The number of sulfonamides is 1. The van der Waals surface area contributed by atoms with Gasteiger partial charge in [0.15, 0.2) is 11.5 Å². The standard InChI is InChI=1S/C35H38ClN3O6S/c1-4-21-37-35(41)31(22-26-11-7-5-8-12-26)38(24-27-13-9-6-10-14-27)34(40)25-39(29-17-15-28(36)16-18-29)46(42,43)30-19-20-32(44-2)33(23-30)45-3/h5-20,23,31H,4,21-22,24-25H2,1-3H3,(H,37,41). The fourth-order valence-corrected chi connectivity index (χ4v) is 6.50. The summed E-state index contributed by atoms with van der Waals surface area (Å²) >= 11 is 6.14. The minimum Gasteiger partial charge on any atom is -0.493 e. The Hall–Kier alpha value is -4.54. The molecule has 4 aromatic rings. The first-order chi connectivity index (χ1) is 22.2. The van der Waals surface area contributed by atoms with Crippen LogP contribution in [0.3, 0.4) is 0 Å². The molecule has 0 bridgehead atoms.